The number of nitro groups is 1. The van der Waals surface area contributed by atoms with Crippen LogP contribution in [0, 0.1) is 10.1 Å². The lowest BCUT2D eigenvalue weighted by Crippen LogP contribution is -1.94. The van der Waals surface area contributed by atoms with Crippen LogP contribution in [0.15, 0.2) is 84.7 Å². The van der Waals surface area contributed by atoms with Crippen molar-refractivity contribution >= 4 is 6.29 Å². The van der Waals surface area contributed by atoms with E-state index in [4.69, 9.17) is 0 Å². The van der Waals surface area contributed by atoms with Gasteiger partial charge in [0, 0.05) is 18.6 Å². The van der Waals surface area contributed by atoms with Crippen molar-refractivity contribution in [1.29, 1.82) is 0 Å². The Morgan fingerprint density at radius 3 is 2.08 bits per heavy atom. The van der Waals surface area contributed by atoms with E-state index in [-0.39, 0.29) is 5.70 Å². The van der Waals surface area contributed by atoms with Gasteiger partial charge in [-0.3, -0.25) is 10.1 Å². The van der Waals surface area contributed by atoms with Crippen LogP contribution in [0.3, 0.4) is 0 Å². The molecule has 0 saturated carbocycles. The van der Waals surface area contributed by atoms with Gasteiger partial charge in [0.05, 0.1) is 4.92 Å². The number of carbonyl (C=O) groups excluding carboxylic acids is 1. The van der Waals surface area contributed by atoms with Crippen molar-refractivity contribution in [2.75, 3.05) is 0 Å². The molecule has 0 spiro atoms. The Bertz CT molecular complexity index is 591. The topological polar surface area (TPSA) is 60.2 Å². The van der Waals surface area contributed by atoms with Crippen LogP contribution < -0.4 is 0 Å². The van der Waals surface area contributed by atoms with E-state index in [1.54, 1.807) is 18.2 Å². The van der Waals surface area contributed by atoms with Gasteiger partial charge in [0.1, 0.15) is 6.29 Å². The smallest absolute Gasteiger partial charge is 0.269 e. The molecular weight excluding hydrogens is 326 g/mol. The zero-order valence-corrected chi connectivity index (χ0v) is 15.5. The van der Waals surface area contributed by atoms with Gasteiger partial charge in [-0.15, -0.1) is 0 Å². The minimum atomic E-state index is -0.403. The monoisotopic (exact) mass is 355 g/mol. The van der Waals surface area contributed by atoms with Crippen molar-refractivity contribution in [2.45, 2.75) is 45.4 Å². The van der Waals surface area contributed by atoms with Gasteiger partial charge in [-0.2, -0.15) is 0 Å². The van der Waals surface area contributed by atoms with Crippen LogP contribution in [0.4, 0.5) is 0 Å². The first-order chi connectivity index (χ1) is 12.7. The standard InChI is InChI=1S/C22H29NO3/c1-2-3-4-5-6-7-10-13-16-19-22(23(25)26)20-17-14-11-8-9-12-15-18-21-24/h3-4,6-7,9,11-14,16-17,19-21H,2,5,8,10,15,18H2,1H3/b4-3+,7-6+,12-9+,14-11+,16-13+,20-17+,22-19-. The molecule has 0 unspecified atom stereocenters. The van der Waals surface area contributed by atoms with E-state index >= 15 is 0 Å². The van der Waals surface area contributed by atoms with Gasteiger partial charge in [-0.1, -0.05) is 73.8 Å². The van der Waals surface area contributed by atoms with E-state index in [9.17, 15) is 14.9 Å². The largest absolute Gasteiger partial charge is 0.303 e. The molecule has 0 atom stereocenters. The Morgan fingerprint density at radius 1 is 0.808 bits per heavy atom. The van der Waals surface area contributed by atoms with Gasteiger partial charge in [0.2, 0.25) is 0 Å². The quantitative estimate of drug-likeness (QED) is 0.0952. The van der Waals surface area contributed by atoms with E-state index in [1.807, 2.05) is 30.4 Å². The molecule has 0 saturated heterocycles. The zero-order chi connectivity index (χ0) is 19.3. The summed E-state index contributed by atoms with van der Waals surface area (Å²) < 4.78 is 0. The van der Waals surface area contributed by atoms with Gasteiger partial charge in [0.15, 0.2) is 0 Å². The van der Waals surface area contributed by atoms with Crippen LogP contribution in [0.25, 0.3) is 0 Å². The summed E-state index contributed by atoms with van der Waals surface area (Å²) in [5.41, 5.74) is 0.0438. The first kappa shape index (κ1) is 23.2. The van der Waals surface area contributed by atoms with Crippen molar-refractivity contribution < 1.29 is 9.72 Å². The van der Waals surface area contributed by atoms with Crippen LogP contribution >= 0.6 is 0 Å². The maximum absolute atomic E-state index is 11.0. The van der Waals surface area contributed by atoms with Crippen molar-refractivity contribution in [3.05, 3.63) is 94.8 Å². The molecular formula is C22H29NO3. The molecule has 26 heavy (non-hydrogen) atoms. The number of unbranched alkanes of at least 4 members (excludes halogenated alkanes) is 1. The number of hydrogen-bond donors (Lipinski definition) is 0. The molecule has 0 aromatic heterocycles. The highest BCUT2D eigenvalue weighted by Crippen LogP contribution is 2.01. The summed E-state index contributed by atoms with van der Waals surface area (Å²) in [7, 11) is 0. The van der Waals surface area contributed by atoms with Gasteiger partial charge in [-0.05, 0) is 32.1 Å². The summed E-state index contributed by atoms with van der Waals surface area (Å²) >= 11 is 0. The van der Waals surface area contributed by atoms with Gasteiger partial charge in [-0.25, -0.2) is 0 Å². The number of rotatable bonds is 14. The van der Waals surface area contributed by atoms with Gasteiger partial charge < -0.3 is 4.79 Å². The van der Waals surface area contributed by atoms with Crippen LogP contribution in [-0.4, -0.2) is 11.2 Å². The summed E-state index contributed by atoms with van der Waals surface area (Å²) in [6.07, 6.45) is 29.8. The molecule has 4 heteroatoms. The average molecular weight is 355 g/mol. The maximum Gasteiger partial charge on any atom is 0.269 e. The molecule has 0 bridgehead atoms. The van der Waals surface area contributed by atoms with E-state index < -0.39 is 4.92 Å². The highest BCUT2D eigenvalue weighted by molar-refractivity contribution is 5.49. The van der Waals surface area contributed by atoms with Crippen molar-refractivity contribution in [2.24, 2.45) is 0 Å². The Labute approximate surface area is 156 Å². The second kappa shape index (κ2) is 18.6. The fourth-order valence-corrected chi connectivity index (χ4v) is 1.80. The lowest BCUT2D eigenvalue weighted by atomic mass is 10.2. The fourth-order valence-electron chi connectivity index (χ4n) is 1.80. The van der Waals surface area contributed by atoms with Gasteiger partial charge >= 0.3 is 0 Å². The first-order valence-corrected chi connectivity index (χ1v) is 8.95. The normalized spacial score (nSPS) is 13.5. The Kier molecular flexibility index (Phi) is 16.6. The number of carbonyl (C=O) groups is 1. The van der Waals surface area contributed by atoms with Crippen molar-refractivity contribution in [1.82, 2.24) is 0 Å². The van der Waals surface area contributed by atoms with Crippen molar-refractivity contribution in [3.63, 3.8) is 0 Å². The van der Waals surface area contributed by atoms with Crippen LogP contribution in [-0.2, 0) is 4.79 Å². The van der Waals surface area contributed by atoms with Crippen LogP contribution in [0.2, 0.25) is 0 Å². The number of aldehydes is 1. The summed E-state index contributed by atoms with van der Waals surface area (Å²) in [6, 6.07) is 0. The molecule has 0 aromatic rings. The number of allylic oxidation sites excluding steroid dienone is 13. The zero-order valence-electron chi connectivity index (χ0n) is 15.5. The number of hydrogen-bond acceptors (Lipinski definition) is 3. The molecule has 4 nitrogen and oxygen atoms in total. The third-order valence-electron chi connectivity index (χ3n) is 3.13. The number of nitrogens with zero attached hydrogens (tertiary/aromatic N) is 1. The summed E-state index contributed by atoms with van der Waals surface area (Å²) in [4.78, 5) is 20.7. The second-order valence-corrected chi connectivity index (χ2v) is 5.34. The lowest BCUT2D eigenvalue weighted by Gasteiger charge is -1.88. The summed E-state index contributed by atoms with van der Waals surface area (Å²) in [5, 5.41) is 11.0. The Hall–Kier alpha value is -2.75. The maximum atomic E-state index is 11.0. The van der Waals surface area contributed by atoms with E-state index in [1.165, 1.54) is 12.2 Å². The molecule has 0 aliphatic carbocycles. The molecule has 0 heterocycles. The Balaban J connectivity index is 4.28. The molecule has 0 N–H and O–H groups in total. The predicted molar refractivity (Wildman–Crippen MR) is 109 cm³/mol. The molecule has 140 valence electrons. The van der Waals surface area contributed by atoms with E-state index in [2.05, 4.69) is 25.2 Å². The third-order valence-corrected chi connectivity index (χ3v) is 3.13. The molecule has 0 aliphatic heterocycles. The highest BCUT2D eigenvalue weighted by atomic mass is 16.6. The van der Waals surface area contributed by atoms with Crippen molar-refractivity contribution in [3.8, 4) is 0 Å². The SMILES string of the molecule is CC/C=C/C/C=C/C/C=C/C=C(/C=C/C=C/C/C=C/CCC=O)[N+](=O)[O-]. The molecule has 0 fully saturated rings. The molecule has 0 aliphatic rings. The predicted octanol–water partition coefficient (Wildman–Crippen LogP) is 6.04. The van der Waals surface area contributed by atoms with E-state index in [0.29, 0.717) is 6.42 Å². The minimum absolute atomic E-state index is 0.0438. The molecule has 0 rings (SSSR count). The summed E-state index contributed by atoms with van der Waals surface area (Å²) in [5.74, 6) is 0. The minimum Gasteiger partial charge on any atom is -0.303 e. The second-order valence-electron chi connectivity index (χ2n) is 5.34. The highest BCUT2D eigenvalue weighted by Gasteiger charge is 2.01. The van der Waals surface area contributed by atoms with Crippen LogP contribution in [0.5, 0.6) is 0 Å². The fraction of sp³-hybridized carbons (Fsp3) is 0.318. The molecule has 0 aromatic carbocycles. The molecule has 0 radical (unpaired) electrons. The van der Waals surface area contributed by atoms with E-state index in [0.717, 1.165) is 38.4 Å². The molecule has 0 amide bonds. The Morgan fingerprint density at radius 2 is 1.42 bits per heavy atom. The van der Waals surface area contributed by atoms with Crippen LogP contribution in [0.1, 0.15) is 45.4 Å². The lowest BCUT2D eigenvalue weighted by molar-refractivity contribution is -0.419. The first-order valence-electron chi connectivity index (χ1n) is 8.95. The summed E-state index contributed by atoms with van der Waals surface area (Å²) in [6.45, 7) is 2.10. The average Bonchev–Trinajstić information content (AvgIpc) is 2.63. The third kappa shape index (κ3) is 16.1. The van der Waals surface area contributed by atoms with Gasteiger partial charge in [0.25, 0.3) is 5.70 Å².